The number of hydrogen-bond donors (Lipinski definition) is 1. The first-order valence-corrected chi connectivity index (χ1v) is 11.6. The molecule has 0 spiro atoms. The number of nitrogens with zero attached hydrogens (tertiary/aromatic N) is 4. The van der Waals surface area contributed by atoms with Crippen LogP contribution in [-0.4, -0.2) is 32.2 Å². The van der Waals surface area contributed by atoms with E-state index in [1.165, 1.54) is 18.4 Å². The first-order valence-electron chi connectivity index (χ1n) is 11.2. The van der Waals surface area contributed by atoms with Gasteiger partial charge in [-0.1, -0.05) is 36.6 Å². The zero-order valence-electron chi connectivity index (χ0n) is 19.2. The second-order valence-corrected chi connectivity index (χ2v) is 9.40. The SMILES string of the molecule is Cc1cc(C)nc(-n2nc(C)c(CC(=O)NCC3(c4ccc(Cl)cc4)CCCC3)c2C)n1. The summed E-state index contributed by atoms with van der Waals surface area (Å²) in [7, 11) is 0. The summed E-state index contributed by atoms with van der Waals surface area (Å²) >= 11 is 6.09. The van der Waals surface area contributed by atoms with Crippen LogP contribution in [0.2, 0.25) is 5.02 Å². The predicted molar refractivity (Wildman–Crippen MR) is 126 cm³/mol. The number of nitrogens with one attached hydrogen (secondary N) is 1. The van der Waals surface area contributed by atoms with Crippen LogP contribution in [0.4, 0.5) is 0 Å². The Bertz CT molecular complexity index is 1110. The summed E-state index contributed by atoms with van der Waals surface area (Å²) in [5.74, 6) is 0.555. The zero-order chi connectivity index (χ0) is 22.9. The van der Waals surface area contributed by atoms with Gasteiger partial charge in [-0.25, -0.2) is 14.6 Å². The zero-order valence-corrected chi connectivity index (χ0v) is 20.0. The summed E-state index contributed by atoms with van der Waals surface area (Å²) in [5, 5.41) is 8.57. The molecule has 3 aromatic rings. The van der Waals surface area contributed by atoms with Gasteiger partial charge in [0.15, 0.2) is 0 Å². The number of carbonyl (C=O) groups excluding carboxylic acids is 1. The van der Waals surface area contributed by atoms with Crippen molar-refractivity contribution in [3.05, 3.63) is 69.3 Å². The maximum Gasteiger partial charge on any atom is 0.251 e. The maximum atomic E-state index is 13.0. The Morgan fingerprint density at radius 2 is 1.69 bits per heavy atom. The average molecular weight is 452 g/mol. The minimum Gasteiger partial charge on any atom is -0.355 e. The third-order valence-corrected chi connectivity index (χ3v) is 6.83. The fourth-order valence-corrected chi connectivity index (χ4v) is 4.97. The summed E-state index contributed by atoms with van der Waals surface area (Å²) < 4.78 is 1.74. The monoisotopic (exact) mass is 451 g/mol. The summed E-state index contributed by atoms with van der Waals surface area (Å²) in [5.41, 5.74) is 5.68. The molecule has 0 unspecified atom stereocenters. The Labute approximate surface area is 194 Å². The van der Waals surface area contributed by atoms with Crippen LogP contribution in [0.15, 0.2) is 30.3 Å². The number of amides is 1. The van der Waals surface area contributed by atoms with E-state index in [9.17, 15) is 4.79 Å². The van der Waals surface area contributed by atoms with Crippen molar-refractivity contribution in [3.63, 3.8) is 0 Å². The van der Waals surface area contributed by atoms with E-state index < -0.39 is 0 Å². The van der Waals surface area contributed by atoms with Gasteiger partial charge in [0.25, 0.3) is 5.95 Å². The Balaban J connectivity index is 1.49. The molecule has 2 heterocycles. The first kappa shape index (κ1) is 22.5. The molecule has 32 heavy (non-hydrogen) atoms. The van der Waals surface area contributed by atoms with E-state index in [0.717, 1.165) is 46.2 Å². The normalized spacial score (nSPS) is 15.2. The molecule has 1 aromatic carbocycles. The molecule has 0 atom stereocenters. The van der Waals surface area contributed by atoms with E-state index in [1.54, 1.807) is 4.68 Å². The van der Waals surface area contributed by atoms with Crippen molar-refractivity contribution in [2.45, 2.75) is 65.2 Å². The lowest BCUT2D eigenvalue weighted by molar-refractivity contribution is -0.120. The largest absolute Gasteiger partial charge is 0.355 e. The fraction of sp³-hybridized carbons (Fsp3) is 0.440. The number of rotatable bonds is 6. The van der Waals surface area contributed by atoms with E-state index in [-0.39, 0.29) is 11.3 Å². The Morgan fingerprint density at radius 1 is 1.06 bits per heavy atom. The van der Waals surface area contributed by atoms with Crippen molar-refractivity contribution in [3.8, 4) is 5.95 Å². The Kier molecular flexibility index (Phi) is 6.33. The van der Waals surface area contributed by atoms with Gasteiger partial charge in [-0.2, -0.15) is 5.10 Å². The summed E-state index contributed by atoms with van der Waals surface area (Å²) in [6, 6.07) is 10.0. The van der Waals surface area contributed by atoms with Crippen LogP contribution >= 0.6 is 11.6 Å². The molecule has 1 N–H and O–H groups in total. The highest BCUT2D eigenvalue weighted by atomic mass is 35.5. The third kappa shape index (κ3) is 4.56. The standard InChI is InChI=1S/C25H30ClN5O/c1-16-13-17(2)29-24(28-16)31-19(4)22(18(3)30-31)14-23(32)27-15-25(11-5-6-12-25)20-7-9-21(26)10-8-20/h7-10,13H,5-6,11-12,14-15H2,1-4H3,(H,27,32). The van der Waals surface area contributed by atoms with Gasteiger partial charge in [-0.3, -0.25) is 4.79 Å². The van der Waals surface area contributed by atoms with Gasteiger partial charge in [0.2, 0.25) is 5.91 Å². The molecule has 4 rings (SSSR count). The van der Waals surface area contributed by atoms with E-state index in [4.69, 9.17) is 11.6 Å². The van der Waals surface area contributed by atoms with Crippen molar-refractivity contribution >= 4 is 17.5 Å². The van der Waals surface area contributed by atoms with Crippen molar-refractivity contribution in [2.75, 3.05) is 6.54 Å². The molecule has 0 radical (unpaired) electrons. The number of aryl methyl sites for hydroxylation is 3. The number of benzene rings is 1. The topological polar surface area (TPSA) is 72.7 Å². The molecular formula is C25H30ClN5O. The molecule has 1 fully saturated rings. The summed E-state index contributed by atoms with van der Waals surface area (Å²) in [6.45, 7) is 8.42. The number of hydrogen-bond acceptors (Lipinski definition) is 4. The average Bonchev–Trinajstić information content (AvgIpc) is 3.33. The van der Waals surface area contributed by atoms with Gasteiger partial charge in [-0.15, -0.1) is 0 Å². The van der Waals surface area contributed by atoms with Crippen molar-refractivity contribution < 1.29 is 4.79 Å². The van der Waals surface area contributed by atoms with Crippen molar-refractivity contribution in [2.24, 2.45) is 0 Å². The maximum absolute atomic E-state index is 13.0. The van der Waals surface area contributed by atoms with Crippen LogP contribution < -0.4 is 5.32 Å². The predicted octanol–water partition coefficient (Wildman–Crippen LogP) is 4.72. The van der Waals surface area contributed by atoms with Crippen LogP contribution in [0.1, 0.15) is 59.6 Å². The summed E-state index contributed by atoms with van der Waals surface area (Å²) in [4.78, 5) is 22.0. The lowest BCUT2D eigenvalue weighted by atomic mass is 9.79. The van der Waals surface area contributed by atoms with Gasteiger partial charge >= 0.3 is 0 Å². The van der Waals surface area contributed by atoms with Gasteiger partial charge in [0.05, 0.1) is 12.1 Å². The van der Waals surface area contributed by atoms with Crippen LogP contribution in [0, 0.1) is 27.7 Å². The van der Waals surface area contributed by atoms with Gasteiger partial charge in [-0.05, 0) is 64.3 Å². The van der Waals surface area contributed by atoms with Crippen LogP contribution in [0.25, 0.3) is 5.95 Å². The quantitative estimate of drug-likeness (QED) is 0.588. The molecular weight excluding hydrogens is 422 g/mol. The molecule has 0 bridgehead atoms. The second kappa shape index (κ2) is 9.02. The Morgan fingerprint density at radius 3 is 2.31 bits per heavy atom. The van der Waals surface area contributed by atoms with Crippen LogP contribution in [0.5, 0.6) is 0 Å². The van der Waals surface area contributed by atoms with Crippen molar-refractivity contribution in [1.29, 1.82) is 0 Å². The van der Waals surface area contributed by atoms with Gasteiger partial charge in [0.1, 0.15) is 0 Å². The smallest absolute Gasteiger partial charge is 0.251 e. The molecule has 1 aliphatic carbocycles. The molecule has 0 saturated heterocycles. The number of aromatic nitrogens is 4. The third-order valence-electron chi connectivity index (χ3n) is 6.58. The van der Waals surface area contributed by atoms with Gasteiger partial charge in [0, 0.05) is 39.6 Å². The second-order valence-electron chi connectivity index (χ2n) is 8.96. The lowest BCUT2D eigenvalue weighted by Crippen LogP contribution is -2.39. The number of halogens is 1. The molecule has 0 aliphatic heterocycles. The highest BCUT2D eigenvalue weighted by molar-refractivity contribution is 6.30. The highest BCUT2D eigenvalue weighted by Gasteiger charge is 2.36. The van der Waals surface area contributed by atoms with Crippen molar-refractivity contribution in [1.82, 2.24) is 25.1 Å². The molecule has 7 heteroatoms. The van der Waals surface area contributed by atoms with E-state index in [0.29, 0.717) is 18.9 Å². The highest BCUT2D eigenvalue weighted by Crippen LogP contribution is 2.41. The van der Waals surface area contributed by atoms with Gasteiger partial charge < -0.3 is 5.32 Å². The summed E-state index contributed by atoms with van der Waals surface area (Å²) in [6.07, 6.45) is 4.81. The Hall–Kier alpha value is -2.73. The lowest BCUT2D eigenvalue weighted by Gasteiger charge is -2.30. The molecule has 1 amide bonds. The van der Waals surface area contributed by atoms with E-state index in [2.05, 4.69) is 32.5 Å². The first-order chi connectivity index (χ1) is 15.3. The number of carbonyl (C=O) groups is 1. The molecule has 2 aromatic heterocycles. The fourth-order valence-electron chi connectivity index (χ4n) is 4.84. The van der Waals surface area contributed by atoms with Crippen LogP contribution in [-0.2, 0) is 16.6 Å². The molecule has 168 valence electrons. The minimum atomic E-state index is -0.0124. The molecule has 6 nitrogen and oxygen atoms in total. The molecule has 1 saturated carbocycles. The van der Waals surface area contributed by atoms with Crippen LogP contribution in [0.3, 0.4) is 0 Å². The van der Waals surface area contributed by atoms with E-state index >= 15 is 0 Å². The van der Waals surface area contributed by atoms with E-state index in [1.807, 2.05) is 45.9 Å². The minimum absolute atomic E-state index is 0.0114. The molecule has 1 aliphatic rings.